The van der Waals surface area contributed by atoms with Gasteiger partial charge in [-0.15, -0.1) is 0 Å². The van der Waals surface area contributed by atoms with Crippen LogP contribution in [-0.2, 0) is 13.0 Å². The number of carbonyl (C=O) groups is 1. The first kappa shape index (κ1) is 16.6. The Balaban J connectivity index is 2.28. The lowest BCUT2D eigenvalue weighted by molar-refractivity contribution is 0.0689. The van der Waals surface area contributed by atoms with Gasteiger partial charge < -0.3 is 5.11 Å². The molecule has 0 aliphatic rings. The molecule has 118 valence electrons. The topological polar surface area (TPSA) is 55.1 Å². The Morgan fingerprint density at radius 2 is 2.05 bits per heavy atom. The molecule has 0 radical (unpaired) electrons. The number of carboxylic acid groups (broad SMARTS) is 1. The lowest BCUT2D eigenvalue weighted by atomic mass is 9.98. The van der Waals surface area contributed by atoms with Crippen molar-refractivity contribution in [2.24, 2.45) is 5.92 Å². The molecule has 22 heavy (non-hydrogen) atoms. The van der Waals surface area contributed by atoms with Crippen molar-refractivity contribution in [3.05, 3.63) is 51.8 Å². The van der Waals surface area contributed by atoms with Crippen molar-refractivity contribution in [2.75, 3.05) is 0 Å². The van der Waals surface area contributed by atoms with E-state index in [1.165, 1.54) is 5.56 Å². The fourth-order valence-corrected chi connectivity index (χ4v) is 2.56. The Morgan fingerprint density at radius 1 is 1.32 bits per heavy atom. The molecule has 1 N–H and O–H groups in total. The van der Waals surface area contributed by atoms with E-state index in [2.05, 4.69) is 25.0 Å². The number of benzene rings is 1. The highest BCUT2D eigenvalue weighted by Crippen LogP contribution is 2.21. The molecule has 0 amide bonds. The summed E-state index contributed by atoms with van der Waals surface area (Å²) in [6, 6.07) is 7.48. The summed E-state index contributed by atoms with van der Waals surface area (Å²) in [5.41, 5.74) is 3.23. The molecule has 0 aliphatic heterocycles. The molecular formula is C17H21ClN2O2. The molecule has 0 saturated heterocycles. The number of hydrogen-bond acceptors (Lipinski definition) is 2. The second kappa shape index (κ2) is 6.97. The summed E-state index contributed by atoms with van der Waals surface area (Å²) in [5, 5.41) is 13.9. The number of carboxylic acids is 1. The normalized spacial score (nSPS) is 11.1. The molecule has 1 aromatic carbocycles. The van der Waals surface area contributed by atoms with Crippen molar-refractivity contribution in [1.82, 2.24) is 9.78 Å². The molecule has 0 spiro atoms. The van der Waals surface area contributed by atoms with Gasteiger partial charge in [0, 0.05) is 10.7 Å². The maximum absolute atomic E-state index is 11.0. The number of rotatable bonds is 6. The standard InChI is InChI=1S/C17H21ClN2O2/c1-11(2)4-5-13-6-7-15(18)9-14(13)10-20-12(3)8-16(19-20)17(21)22/h6-9,11H,4-5,10H2,1-3H3,(H,21,22). The Bertz CT molecular complexity index is 677. The molecule has 1 heterocycles. The second-order valence-corrected chi connectivity index (χ2v) is 6.42. The van der Waals surface area contributed by atoms with Gasteiger partial charge in [0.2, 0.25) is 0 Å². The Kier molecular flexibility index (Phi) is 5.24. The molecule has 0 atom stereocenters. The molecule has 1 aromatic heterocycles. The Hall–Kier alpha value is -1.81. The quantitative estimate of drug-likeness (QED) is 0.868. The minimum atomic E-state index is -1.01. The number of hydrogen-bond donors (Lipinski definition) is 1. The van der Waals surface area contributed by atoms with Crippen LogP contribution in [0.5, 0.6) is 0 Å². The highest BCUT2D eigenvalue weighted by molar-refractivity contribution is 6.30. The third-order valence-corrected chi connectivity index (χ3v) is 3.91. The molecule has 2 aromatic rings. The maximum Gasteiger partial charge on any atom is 0.356 e. The van der Waals surface area contributed by atoms with Gasteiger partial charge in [-0.3, -0.25) is 4.68 Å². The predicted octanol–water partition coefficient (Wildman–Crippen LogP) is 4.18. The van der Waals surface area contributed by atoms with Crippen molar-refractivity contribution in [3.63, 3.8) is 0 Å². The van der Waals surface area contributed by atoms with E-state index < -0.39 is 5.97 Å². The van der Waals surface area contributed by atoms with E-state index >= 15 is 0 Å². The fraction of sp³-hybridized carbons (Fsp3) is 0.412. The van der Waals surface area contributed by atoms with Crippen molar-refractivity contribution in [3.8, 4) is 0 Å². The molecular weight excluding hydrogens is 300 g/mol. The molecule has 0 unspecified atom stereocenters. The lowest BCUT2D eigenvalue weighted by Gasteiger charge is -2.12. The van der Waals surface area contributed by atoms with Gasteiger partial charge >= 0.3 is 5.97 Å². The summed E-state index contributed by atoms with van der Waals surface area (Å²) >= 11 is 6.12. The van der Waals surface area contributed by atoms with Crippen LogP contribution < -0.4 is 0 Å². The molecule has 0 aliphatic carbocycles. The highest BCUT2D eigenvalue weighted by Gasteiger charge is 2.12. The predicted molar refractivity (Wildman–Crippen MR) is 87.6 cm³/mol. The summed E-state index contributed by atoms with van der Waals surface area (Å²) in [7, 11) is 0. The van der Waals surface area contributed by atoms with Gasteiger partial charge in [-0.25, -0.2) is 4.79 Å². The zero-order valence-electron chi connectivity index (χ0n) is 13.1. The number of aryl methyl sites for hydroxylation is 2. The zero-order valence-corrected chi connectivity index (χ0v) is 13.9. The highest BCUT2D eigenvalue weighted by atomic mass is 35.5. The van der Waals surface area contributed by atoms with Crippen LogP contribution in [0.1, 0.15) is 47.6 Å². The van der Waals surface area contributed by atoms with Crippen molar-refractivity contribution >= 4 is 17.6 Å². The largest absolute Gasteiger partial charge is 0.476 e. The molecule has 0 fully saturated rings. The summed E-state index contributed by atoms with van der Waals surface area (Å²) in [5.74, 6) is -0.374. The van der Waals surface area contributed by atoms with E-state index in [1.54, 1.807) is 10.7 Å². The van der Waals surface area contributed by atoms with Crippen LogP contribution in [0.4, 0.5) is 0 Å². The number of aromatic nitrogens is 2. The first-order valence-corrected chi connectivity index (χ1v) is 7.79. The summed E-state index contributed by atoms with van der Waals surface area (Å²) in [4.78, 5) is 11.0. The SMILES string of the molecule is Cc1cc(C(=O)O)nn1Cc1cc(Cl)ccc1CCC(C)C. The van der Waals surface area contributed by atoms with Gasteiger partial charge in [0.05, 0.1) is 6.54 Å². The number of aromatic carboxylic acids is 1. The number of nitrogens with zero attached hydrogens (tertiary/aromatic N) is 2. The molecule has 4 nitrogen and oxygen atoms in total. The van der Waals surface area contributed by atoms with Crippen LogP contribution in [0, 0.1) is 12.8 Å². The van der Waals surface area contributed by atoms with E-state index in [9.17, 15) is 4.79 Å². The van der Waals surface area contributed by atoms with Crippen LogP contribution in [0.2, 0.25) is 5.02 Å². The maximum atomic E-state index is 11.0. The van der Waals surface area contributed by atoms with E-state index in [0.29, 0.717) is 17.5 Å². The van der Waals surface area contributed by atoms with Crippen LogP contribution in [0.3, 0.4) is 0 Å². The van der Waals surface area contributed by atoms with E-state index in [4.69, 9.17) is 16.7 Å². The van der Waals surface area contributed by atoms with Gasteiger partial charge in [-0.1, -0.05) is 31.5 Å². The van der Waals surface area contributed by atoms with E-state index in [0.717, 1.165) is 24.1 Å². The summed E-state index contributed by atoms with van der Waals surface area (Å²) in [6.07, 6.45) is 2.09. The zero-order chi connectivity index (χ0) is 16.3. The van der Waals surface area contributed by atoms with Crippen molar-refractivity contribution < 1.29 is 9.90 Å². The number of halogens is 1. The minimum Gasteiger partial charge on any atom is -0.476 e. The summed E-state index contributed by atoms with van der Waals surface area (Å²) in [6.45, 7) is 6.80. The minimum absolute atomic E-state index is 0.0725. The van der Waals surface area contributed by atoms with Gasteiger partial charge in [-0.05, 0) is 55.0 Å². The first-order valence-electron chi connectivity index (χ1n) is 7.42. The smallest absolute Gasteiger partial charge is 0.356 e. The first-order chi connectivity index (χ1) is 10.4. The third kappa shape index (κ3) is 4.10. The molecule has 0 bridgehead atoms. The molecule has 5 heteroatoms. The van der Waals surface area contributed by atoms with Gasteiger partial charge in [0.25, 0.3) is 0 Å². The average Bonchev–Trinajstić information content (AvgIpc) is 2.79. The van der Waals surface area contributed by atoms with Crippen LogP contribution in [0.15, 0.2) is 24.3 Å². The van der Waals surface area contributed by atoms with Crippen molar-refractivity contribution in [1.29, 1.82) is 0 Å². The van der Waals surface area contributed by atoms with Gasteiger partial charge in [0.15, 0.2) is 5.69 Å². The van der Waals surface area contributed by atoms with E-state index in [-0.39, 0.29) is 5.69 Å². The lowest BCUT2D eigenvalue weighted by Crippen LogP contribution is -2.08. The fourth-order valence-electron chi connectivity index (χ4n) is 2.37. The van der Waals surface area contributed by atoms with Gasteiger partial charge in [-0.2, -0.15) is 5.10 Å². The summed E-state index contributed by atoms with van der Waals surface area (Å²) < 4.78 is 1.72. The monoisotopic (exact) mass is 320 g/mol. The molecule has 2 rings (SSSR count). The third-order valence-electron chi connectivity index (χ3n) is 3.68. The van der Waals surface area contributed by atoms with E-state index in [1.807, 2.05) is 19.1 Å². The van der Waals surface area contributed by atoms with Crippen LogP contribution >= 0.6 is 11.6 Å². The van der Waals surface area contributed by atoms with Crippen LogP contribution in [0.25, 0.3) is 0 Å². The van der Waals surface area contributed by atoms with Crippen LogP contribution in [-0.4, -0.2) is 20.9 Å². The Labute approximate surface area is 135 Å². The Morgan fingerprint density at radius 3 is 2.64 bits per heavy atom. The van der Waals surface area contributed by atoms with Crippen molar-refractivity contribution in [2.45, 2.75) is 40.2 Å². The average molecular weight is 321 g/mol. The van der Waals surface area contributed by atoms with Gasteiger partial charge in [0.1, 0.15) is 0 Å². The second-order valence-electron chi connectivity index (χ2n) is 5.98. The molecule has 0 saturated carbocycles.